The fourth-order valence-electron chi connectivity index (χ4n) is 2.04. The second-order valence-corrected chi connectivity index (χ2v) is 5.36. The molecule has 4 nitrogen and oxygen atoms in total. The van der Waals surface area contributed by atoms with Crippen molar-refractivity contribution in [3.8, 4) is 5.75 Å². The molecule has 0 saturated carbocycles. The minimum absolute atomic E-state index is 0.0175. The summed E-state index contributed by atoms with van der Waals surface area (Å²) in [5.74, 6) is 0.417. The average molecular weight is 291 g/mol. The Bertz CT molecular complexity index is 595. The molecule has 1 unspecified atom stereocenters. The highest BCUT2D eigenvalue weighted by molar-refractivity contribution is 5.36. The molecule has 5 heteroatoms. The fourth-order valence-corrected chi connectivity index (χ4v) is 2.04. The van der Waals surface area contributed by atoms with Crippen molar-refractivity contribution in [3.05, 3.63) is 47.5 Å². The summed E-state index contributed by atoms with van der Waals surface area (Å²) in [6, 6.07) is 6.85. The number of hydrogen-bond acceptors (Lipinski definition) is 3. The number of aromatic nitrogens is 2. The van der Waals surface area contributed by atoms with Gasteiger partial charge in [-0.25, -0.2) is 4.39 Å². The van der Waals surface area contributed by atoms with Crippen molar-refractivity contribution in [2.24, 2.45) is 0 Å². The summed E-state index contributed by atoms with van der Waals surface area (Å²) >= 11 is 0. The van der Waals surface area contributed by atoms with Crippen molar-refractivity contribution in [2.75, 3.05) is 7.05 Å². The van der Waals surface area contributed by atoms with Crippen LogP contribution < -0.4 is 10.1 Å². The van der Waals surface area contributed by atoms with E-state index in [0.29, 0.717) is 18.4 Å². The molecule has 0 spiro atoms. The van der Waals surface area contributed by atoms with Crippen LogP contribution in [0.2, 0.25) is 0 Å². The Balaban J connectivity index is 2.11. The van der Waals surface area contributed by atoms with E-state index in [1.165, 1.54) is 12.1 Å². The Morgan fingerprint density at radius 1 is 1.29 bits per heavy atom. The monoisotopic (exact) mass is 291 g/mol. The van der Waals surface area contributed by atoms with Crippen LogP contribution in [0.25, 0.3) is 0 Å². The van der Waals surface area contributed by atoms with Crippen LogP contribution in [0.1, 0.15) is 44.1 Å². The molecule has 1 heterocycles. The number of halogens is 1. The summed E-state index contributed by atoms with van der Waals surface area (Å²) in [4.78, 5) is 0. The molecule has 0 radical (unpaired) electrons. The summed E-state index contributed by atoms with van der Waals surface area (Å²) in [7, 11) is 1.84. The molecule has 2 aromatic rings. The maximum atomic E-state index is 13.4. The lowest BCUT2D eigenvalue weighted by Crippen LogP contribution is -2.14. The third-order valence-electron chi connectivity index (χ3n) is 3.44. The highest BCUT2D eigenvalue weighted by Crippen LogP contribution is 2.26. The van der Waals surface area contributed by atoms with E-state index >= 15 is 0 Å². The van der Waals surface area contributed by atoms with Gasteiger partial charge in [0.1, 0.15) is 18.2 Å². The van der Waals surface area contributed by atoms with Gasteiger partial charge in [-0.15, -0.1) is 0 Å². The summed E-state index contributed by atoms with van der Waals surface area (Å²) < 4.78 is 21.1. The number of hydrogen-bond donors (Lipinski definition) is 1. The first kappa shape index (κ1) is 15.5. The van der Waals surface area contributed by atoms with E-state index < -0.39 is 0 Å². The highest BCUT2D eigenvalue weighted by atomic mass is 19.1. The molecule has 1 aromatic carbocycles. The molecule has 0 aliphatic heterocycles. The molecule has 2 rings (SSSR count). The Morgan fingerprint density at radius 3 is 2.67 bits per heavy atom. The lowest BCUT2D eigenvalue weighted by Gasteiger charge is -2.16. The maximum absolute atomic E-state index is 13.4. The second-order valence-electron chi connectivity index (χ2n) is 5.36. The van der Waals surface area contributed by atoms with Crippen molar-refractivity contribution in [1.82, 2.24) is 15.1 Å². The molecule has 0 aliphatic rings. The SMILES string of the molecule is CNC(C)c1cc(F)ccc1OCc1ccn(C(C)C)n1. The molecule has 114 valence electrons. The molecule has 21 heavy (non-hydrogen) atoms. The second kappa shape index (κ2) is 6.72. The zero-order chi connectivity index (χ0) is 15.4. The summed E-state index contributed by atoms with van der Waals surface area (Å²) in [6.45, 7) is 6.48. The van der Waals surface area contributed by atoms with E-state index in [0.717, 1.165) is 11.3 Å². The molecule has 0 aliphatic carbocycles. The minimum Gasteiger partial charge on any atom is -0.487 e. The van der Waals surface area contributed by atoms with Crippen molar-refractivity contribution < 1.29 is 9.13 Å². The van der Waals surface area contributed by atoms with Crippen LogP contribution >= 0.6 is 0 Å². The Labute approximate surface area is 124 Å². The van der Waals surface area contributed by atoms with Gasteiger partial charge in [0, 0.05) is 23.8 Å². The normalized spacial score (nSPS) is 12.7. The number of nitrogens with one attached hydrogen (secondary N) is 1. The van der Waals surface area contributed by atoms with Crippen molar-refractivity contribution in [2.45, 2.75) is 39.5 Å². The van der Waals surface area contributed by atoms with Crippen molar-refractivity contribution in [3.63, 3.8) is 0 Å². The number of nitrogens with zero attached hydrogens (tertiary/aromatic N) is 2. The molecular formula is C16H22FN3O. The number of rotatable bonds is 6. The lowest BCUT2D eigenvalue weighted by molar-refractivity contribution is 0.292. The van der Waals surface area contributed by atoms with Crippen LogP contribution in [0.5, 0.6) is 5.75 Å². The van der Waals surface area contributed by atoms with Crippen molar-refractivity contribution in [1.29, 1.82) is 0 Å². The third kappa shape index (κ3) is 3.82. The van der Waals surface area contributed by atoms with E-state index in [2.05, 4.69) is 24.3 Å². The van der Waals surface area contributed by atoms with Gasteiger partial charge in [0.2, 0.25) is 0 Å². The molecule has 1 aromatic heterocycles. The number of benzene rings is 1. The van der Waals surface area contributed by atoms with Gasteiger partial charge in [-0.3, -0.25) is 4.68 Å². The van der Waals surface area contributed by atoms with Gasteiger partial charge in [0.15, 0.2) is 0 Å². The molecule has 1 atom stereocenters. The smallest absolute Gasteiger partial charge is 0.132 e. The summed E-state index contributed by atoms with van der Waals surface area (Å²) in [6.07, 6.45) is 1.94. The zero-order valence-corrected chi connectivity index (χ0v) is 12.9. The van der Waals surface area contributed by atoms with Gasteiger partial charge in [-0.05, 0) is 52.1 Å². The van der Waals surface area contributed by atoms with Crippen LogP contribution in [0.15, 0.2) is 30.5 Å². The van der Waals surface area contributed by atoms with Crippen LogP contribution in [0.4, 0.5) is 4.39 Å². The van der Waals surface area contributed by atoms with Gasteiger partial charge in [0.25, 0.3) is 0 Å². The third-order valence-corrected chi connectivity index (χ3v) is 3.44. The lowest BCUT2D eigenvalue weighted by atomic mass is 10.1. The number of ether oxygens (including phenoxy) is 1. The predicted octanol–water partition coefficient (Wildman–Crippen LogP) is 3.46. The summed E-state index contributed by atoms with van der Waals surface area (Å²) in [5.41, 5.74) is 1.66. The predicted molar refractivity (Wildman–Crippen MR) is 80.8 cm³/mol. The minimum atomic E-state index is -0.261. The summed E-state index contributed by atoms with van der Waals surface area (Å²) in [5, 5.41) is 7.54. The molecule has 0 saturated heterocycles. The van der Waals surface area contributed by atoms with Crippen LogP contribution in [0.3, 0.4) is 0 Å². The van der Waals surface area contributed by atoms with Crippen LogP contribution in [0, 0.1) is 5.82 Å². The highest BCUT2D eigenvalue weighted by Gasteiger charge is 2.12. The Hall–Kier alpha value is -1.88. The first-order valence-corrected chi connectivity index (χ1v) is 7.14. The van der Waals surface area contributed by atoms with E-state index in [1.807, 2.05) is 30.9 Å². The fraction of sp³-hybridized carbons (Fsp3) is 0.438. The van der Waals surface area contributed by atoms with Crippen LogP contribution in [-0.2, 0) is 6.61 Å². The topological polar surface area (TPSA) is 39.1 Å². The van der Waals surface area contributed by atoms with Gasteiger partial charge in [-0.1, -0.05) is 0 Å². The van der Waals surface area contributed by atoms with Gasteiger partial charge in [-0.2, -0.15) is 5.10 Å². The first-order chi connectivity index (χ1) is 10.0. The first-order valence-electron chi connectivity index (χ1n) is 7.14. The standard InChI is InChI=1S/C16H22FN3O/c1-11(2)20-8-7-14(19-20)10-21-16-6-5-13(17)9-15(16)12(3)18-4/h5-9,11-12,18H,10H2,1-4H3. The molecule has 0 amide bonds. The van der Waals surface area contributed by atoms with Gasteiger partial charge in [0.05, 0.1) is 5.69 Å². The van der Waals surface area contributed by atoms with Crippen LogP contribution in [-0.4, -0.2) is 16.8 Å². The molecule has 0 fully saturated rings. The molecular weight excluding hydrogens is 269 g/mol. The average Bonchev–Trinajstić information content (AvgIpc) is 2.94. The quantitative estimate of drug-likeness (QED) is 0.886. The van der Waals surface area contributed by atoms with E-state index in [-0.39, 0.29) is 11.9 Å². The Morgan fingerprint density at radius 2 is 2.05 bits per heavy atom. The van der Waals surface area contributed by atoms with Crippen molar-refractivity contribution >= 4 is 0 Å². The van der Waals surface area contributed by atoms with Gasteiger partial charge >= 0.3 is 0 Å². The van der Waals surface area contributed by atoms with E-state index in [9.17, 15) is 4.39 Å². The zero-order valence-electron chi connectivity index (χ0n) is 12.9. The molecule has 1 N–H and O–H groups in total. The largest absolute Gasteiger partial charge is 0.487 e. The van der Waals surface area contributed by atoms with Gasteiger partial charge < -0.3 is 10.1 Å². The maximum Gasteiger partial charge on any atom is 0.132 e. The Kier molecular flexibility index (Phi) is 4.96. The van der Waals surface area contributed by atoms with E-state index in [4.69, 9.17) is 4.74 Å². The van der Waals surface area contributed by atoms with E-state index in [1.54, 1.807) is 6.07 Å². The molecule has 0 bridgehead atoms.